The van der Waals surface area contributed by atoms with E-state index in [0.717, 1.165) is 22.6 Å². The van der Waals surface area contributed by atoms with E-state index in [9.17, 15) is 0 Å². The topological polar surface area (TPSA) is 78.8 Å². The quantitative estimate of drug-likeness (QED) is 0.839. The number of nitrogens with zero attached hydrogens (tertiary/aromatic N) is 4. The molecule has 0 aliphatic carbocycles. The van der Waals surface area contributed by atoms with E-state index in [2.05, 4.69) is 15.1 Å². The summed E-state index contributed by atoms with van der Waals surface area (Å²) >= 11 is 4.83. The molecular weight excluding hydrogens is 262 g/mol. The van der Waals surface area contributed by atoms with Crippen molar-refractivity contribution in [1.82, 2.24) is 19.7 Å². The summed E-state index contributed by atoms with van der Waals surface area (Å²) < 4.78 is 7.02. The number of rotatable bonds is 4. The number of pyridine rings is 1. The highest BCUT2D eigenvalue weighted by molar-refractivity contribution is 7.80. The molecule has 0 amide bonds. The maximum Gasteiger partial charge on any atom is 0.208 e. The van der Waals surface area contributed by atoms with Gasteiger partial charge in [0, 0.05) is 17.3 Å². The minimum atomic E-state index is 0.185. The summed E-state index contributed by atoms with van der Waals surface area (Å²) in [6.45, 7) is 4.43. The molecule has 0 bridgehead atoms. The Morgan fingerprint density at radius 3 is 2.74 bits per heavy atom. The van der Waals surface area contributed by atoms with Gasteiger partial charge in [-0.25, -0.2) is 9.67 Å². The van der Waals surface area contributed by atoms with Crippen LogP contribution in [0.15, 0.2) is 12.5 Å². The van der Waals surface area contributed by atoms with Crippen molar-refractivity contribution in [2.75, 3.05) is 7.11 Å². The molecule has 0 aliphatic heterocycles. The lowest BCUT2D eigenvalue weighted by molar-refractivity contribution is 0.406. The van der Waals surface area contributed by atoms with E-state index >= 15 is 0 Å². The van der Waals surface area contributed by atoms with Gasteiger partial charge in [0.05, 0.1) is 19.3 Å². The van der Waals surface area contributed by atoms with Crippen molar-refractivity contribution in [1.29, 1.82) is 0 Å². The van der Waals surface area contributed by atoms with Crippen LogP contribution in [0.25, 0.3) is 0 Å². The second-order valence-corrected chi connectivity index (χ2v) is 4.62. The van der Waals surface area contributed by atoms with Gasteiger partial charge in [0.2, 0.25) is 5.82 Å². The Morgan fingerprint density at radius 1 is 1.42 bits per heavy atom. The Hall–Kier alpha value is -2.02. The van der Waals surface area contributed by atoms with Gasteiger partial charge in [-0.15, -0.1) is 5.10 Å². The maximum absolute atomic E-state index is 5.47. The van der Waals surface area contributed by atoms with E-state index in [1.54, 1.807) is 24.3 Å². The standard InChI is InChI=1S/C12H15N5OS/c1-7-4-14-9(8(2)10(7)18-3)5-17-6-15-12(16-17)11(13)19/h4,6H,5H2,1-3H3,(H2,13,19). The first-order chi connectivity index (χ1) is 9.02. The molecule has 2 N–H and O–H groups in total. The van der Waals surface area contributed by atoms with Crippen LogP contribution in [0.5, 0.6) is 5.75 Å². The van der Waals surface area contributed by atoms with Crippen LogP contribution in [-0.2, 0) is 6.54 Å². The highest BCUT2D eigenvalue weighted by Gasteiger charge is 2.11. The molecule has 0 aliphatic rings. The third-order valence-electron chi connectivity index (χ3n) is 2.82. The van der Waals surface area contributed by atoms with E-state index in [4.69, 9.17) is 22.7 Å². The second kappa shape index (κ2) is 5.31. The van der Waals surface area contributed by atoms with Gasteiger partial charge < -0.3 is 10.5 Å². The van der Waals surface area contributed by atoms with Crippen LogP contribution >= 0.6 is 12.2 Å². The molecule has 0 atom stereocenters. The number of hydrogen-bond acceptors (Lipinski definition) is 5. The number of aromatic nitrogens is 4. The smallest absolute Gasteiger partial charge is 0.208 e. The summed E-state index contributed by atoms with van der Waals surface area (Å²) in [5, 5.41) is 4.18. The van der Waals surface area contributed by atoms with E-state index in [-0.39, 0.29) is 4.99 Å². The van der Waals surface area contributed by atoms with Gasteiger partial charge in [0.1, 0.15) is 17.1 Å². The molecule has 0 fully saturated rings. The monoisotopic (exact) mass is 277 g/mol. The lowest BCUT2D eigenvalue weighted by atomic mass is 10.1. The summed E-state index contributed by atoms with van der Waals surface area (Å²) in [6, 6.07) is 0. The van der Waals surface area contributed by atoms with Gasteiger partial charge in [-0.3, -0.25) is 4.98 Å². The van der Waals surface area contributed by atoms with Crippen LogP contribution in [0.4, 0.5) is 0 Å². The second-order valence-electron chi connectivity index (χ2n) is 4.18. The Labute approximate surface area is 116 Å². The molecule has 2 aromatic heterocycles. The molecule has 0 unspecified atom stereocenters. The molecule has 100 valence electrons. The average Bonchev–Trinajstić information content (AvgIpc) is 2.82. The lowest BCUT2D eigenvalue weighted by Crippen LogP contribution is -2.13. The summed E-state index contributed by atoms with van der Waals surface area (Å²) in [7, 11) is 1.65. The molecule has 7 heteroatoms. The zero-order valence-corrected chi connectivity index (χ0v) is 11.9. The molecule has 0 spiro atoms. The lowest BCUT2D eigenvalue weighted by Gasteiger charge is -2.11. The van der Waals surface area contributed by atoms with Crippen molar-refractivity contribution in [2.45, 2.75) is 20.4 Å². The number of aryl methyl sites for hydroxylation is 1. The van der Waals surface area contributed by atoms with Crippen LogP contribution in [0.2, 0.25) is 0 Å². The van der Waals surface area contributed by atoms with Gasteiger partial charge in [-0.05, 0) is 13.8 Å². The van der Waals surface area contributed by atoms with Gasteiger partial charge in [0.15, 0.2) is 0 Å². The molecular formula is C12H15N5OS. The van der Waals surface area contributed by atoms with Gasteiger partial charge in [-0.1, -0.05) is 12.2 Å². The number of thiocarbonyl (C=S) groups is 1. The van der Waals surface area contributed by atoms with E-state index < -0.39 is 0 Å². The molecule has 0 radical (unpaired) electrons. The predicted octanol–water partition coefficient (Wildman–Crippen LogP) is 0.981. The van der Waals surface area contributed by atoms with Crippen molar-refractivity contribution in [2.24, 2.45) is 5.73 Å². The van der Waals surface area contributed by atoms with E-state index in [1.807, 2.05) is 13.8 Å². The molecule has 19 heavy (non-hydrogen) atoms. The van der Waals surface area contributed by atoms with Crippen LogP contribution in [0.1, 0.15) is 22.6 Å². The fraction of sp³-hybridized carbons (Fsp3) is 0.333. The van der Waals surface area contributed by atoms with Crippen LogP contribution in [0.3, 0.4) is 0 Å². The molecule has 2 heterocycles. The van der Waals surface area contributed by atoms with Crippen molar-refractivity contribution in [3.8, 4) is 5.75 Å². The summed E-state index contributed by atoms with van der Waals surface area (Å²) in [6.07, 6.45) is 3.37. The number of ether oxygens (including phenoxy) is 1. The van der Waals surface area contributed by atoms with Gasteiger partial charge in [0.25, 0.3) is 0 Å². The Balaban J connectivity index is 2.30. The first kappa shape index (κ1) is 13.4. The summed E-state index contributed by atoms with van der Waals surface area (Å²) in [5.41, 5.74) is 8.35. The van der Waals surface area contributed by atoms with Crippen LogP contribution in [0, 0.1) is 13.8 Å². The summed E-state index contributed by atoms with van der Waals surface area (Å²) in [5.74, 6) is 1.21. The maximum atomic E-state index is 5.47. The molecule has 0 saturated heterocycles. The minimum Gasteiger partial charge on any atom is -0.496 e. The highest BCUT2D eigenvalue weighted by atomic mass is 32.1. The fourth-order valence-corrected chi connectivity index (χ4v) is 1.96. The number of nitrogens with two attached hydrogens (primary N) is 1. The molecule has 6 nitrogen and oxygen atoms in total. The first-order valence-corrected chi connectivity index (χ1v) is 6.12. The van der Waals surface area contributed by atoms with Gasteiger partial charge in [-0.2, -0.15) is 0 Å². The normalized spacial score (nSPS) is 10.5. The third-order valence-corrected chi connectivity index (χ3v) is 3.00. The minimum absolute atomic E-state index is 0.185. The predicted molar refractivity (Wildman–Crippen MR) is 75.3 cm³/mol. The van der Waals surface area contributed by atoms with Crippen molar-refractivity contribution in [3.63, 3.8) is 0 Å². The van der Waals surface area contributed by atoms with Crippen molar-refractivity contribution in [3.05, 3.63) is 35.2 Å². The zero-order chi connectivity index (χ0) is 14.0. The van der Waals surface area contributed by atoms with E-state index in [1.165, 1.54) is 0 Å². The number of hydrogen-bond donors (Lipinski definition) is 1. The van der Waals surface area contributed by atoms with Crippen LogP contribution < -0.4 is 10.5 Å². The molecule has 2 aromatic rings. The largest absolute Gasteiger partial charge is 0.496 e. The zero-order valence-electron chi connectivity index (χ0n) is 11.0. The van der Waals surface area contributed by atoms with Crippen molar-refractivity contribution >= 4 is 17.2 Å². The van der Waals surface area contributed by atoms with E-state index in [0.29, 0.717) is 12.4 Å². The Kier molecular flexibility index (Phi) is 3.75. The average molecular weight is 277 g/mol. The van der Waals surface area contributed by atoms with Crippen LogP contribution in [-0.4, -0.2) is 31.8 Å². The molecule has 0 aromatic carbocycles. The highest BCUT2D eigenvalue weighted by Crippen LogP contribution is 2.24. The fourth-order valence-electron chi connectivity index (χ4n) is 1.87. The summed E-state index contributed by atoms with van der Waals surface area (Å²) in [4.78, 5) is 8.62. The first-order valence-electron chi connectivity index (χ1n) is 5.71. The number of methoxy groups -OCH3 is 1. The molecule has 2 rings (SSSR count). The SMILES string of the molecule is COc1c(C)cnc(Cn2cnc(C(N)=S)n2)c1C. The molecule has 0 saturated carbocycles. The third kappa shape index (κ3) is 2.70. The van der Waals surface area contributed by atoms with Gasteiger partial charge >= 0.3 is 0 Å². The van der Waals surface area contributed by atoms with Crippen molar-refractivity contribution < 1.29 is 4.74 Å². The Morgan fingerprint density at radius 2 is 2.16 bits per heavy atom. The Bertz CT molecular complexity index is 623.